The second-order valence-electron chi connectivity index (χ2n) is 5.11. The fourth-order valence-electron chi connectivity index (χ4n) is 2.66. The summed E-state index contributed by atoms with van der Waals surface area (Å²) in [6.07, 6.45) is 3.20. The van der Waals surface area contributed by atoms with Gasteiger partial charge in [-0.1, -0.05) is 6.92 Å². The highest BCUT2D eigenvalue weighted by molar-refractivity contribution is 5.13. The average Bonchev–Trinajstić information content (AvgIpc) is 2.88. The molecule has 1 N–H and O–H groups in total. The van der Waals surface area contributed by atoms with Crippen molar-refractivity contribution < 1.29 is 4.74 Å². The normalized spacial score (nSPS) is 24.4. The molecular formula is C13H23N3O. The molecule has 4 nitrogen and oxygen atoms in total. The summed E-state index contributed by atoms with van der Waals surface area (Å²) < 4.78 is 7.61. The molecule has 0 amide bonds. The van der Waals surface area contributed by atoms with Gasteiger partial charge in [-0.05, 0) is 32.4 Å². The van der Waals surface area contributed by atoms with Gasteiger partial charge >= 0.3 is 0 Å². The molecule has 0 aliphatic carbocycles. The number of aryl methyl sites for hydroxylation is 2. The van der Waals surface area contributed by atoms with E-state index in [-0.39, 0.29) is 5.41 Å². The Morgan fingerprint density at radius 1 is 1.59 bits per heavy atom. The predicted octanol–water partition coefficient (Wildman–Crippen LogP) is 1.15. The summed E-state index contributed by atoms with van der Waals surface area (Å²) in [7, 11) is 4.05. The highest BCUT2D eigenvalue weighted by atomic mass is 16.5. The van der Waals surface area contributed by atoms with Crippen LogP contribution in [-0.4, -0.2) is 36.6 Å². The van der Waals surface area contributed by atoms with E-state index in [2.05, 4.69) is 23.4 Å². The molecule has 1 atom stereocenters. The Labute approximate surface area is 103 Å². The monoisotopic (exact) mass is 237 g/mol. The second-order valence-corrected chi connectivity index (χ2v) is 5.11. The maximum atomic E-state index is 5.59. The van der Waals surface area contributed by atoms with Crippen LogP contribution in [0.25, 0.3) is 0 Å². The lowest BCUT2D eigenvalue weighted by Crippen LogP contribution is -2.35. The summed E-state index contributed by atoms with van der Waals surface area (Å²) in [5.74, 6) is 0. The van der Waals surface area contributed by atoms with Gasteiger partial charge in [-0.25, -0.2) is 0 Å². The van der Waals surface area contributed by atoms with Gasteiger partial charge in [0.2, 0.25) is 0 Å². The van der Waals surface area contributed by atoms with E-state index in [1.807, 2.05) is 18.8 Å². The second kappa shape index (κ2) is 5.19. The van der Waals surface area contributed by atoms with E-state index in [1.165, 1.54) is 11.4 Å². The van der Waals surface area contributed by atoms with Crippen LogP contribution in [-0.2, 0) is 24.6 Å². The number of rotatable bonds is 5. The molecule has 96 valence electrons. The van der Waals surface area contributed by atoms with Crippen LogP contribution < -0.4 is 5.32 Å². The van der Waals surface area contributed by atoms with Crippen molar-refractivity contribution in [3.05, 3.63) is 17.5 Å². The van der Waals surface area contributed by atoms with Crippen molar-refractivity contribution in [1.29, 1.82) is 0 Å². The highest BCUT2D eigenvalue weighted by Crippen LogP contribution is 2.32. The van der Waals surface area contributed by atoms with E-state index >= 15 is 0 Å². The Balaban J connectivity index is 2.14. The number of nitrogens with zero attached hydrogens (tertiary/aromatic N) is 2. The highest BCUT2D eigenvalue weighted by Gasteiger charge is 2.35. The first-order valence-corrected chi connectivity index (χ1v) is 6.43. The number of nitrogens with one attached hydrogen (secondary N) is 1. The third kappa shape index (κ3) is 2.69. The quantitative estimate of drug-likeness (QED) is 0.835. The molecule has 4 heteroatoms. The maximum absolute atomic E-state index is 5.59. The van der Waals surface area contributed by atoms with Gasteiger partial charge in [0.25, 0.3) is 0 Å². The summed E-state index contributed by atoms with van der Waals surface area (Å²) in [6.45, 7) is 4.91. The van der Waals surface area contributed by atoms with Crippen LogP contribution >= 0.6 is 0 Å². The molecule has 1 saturated heterocycles. The predicted molar refractivity (Wildman–Crippen MR) is 68.1 cm³/mol. The van der Waals surface area contributed by atoms with Gasteiger partial charge in [0.05, 0.1) is 12.3 Å². The molecule has 1 fully saturated rings. The van der Waals surface area contributed by atoms with Crippen LogP contribution in [0.2, 0.25) is 0 Å². The van der Waals surface area contributed by atoms with Gasteiger partial charge < -0.3 is 10.1 Å². The van der Waals surface area contributed by atoms with Crippen molar-refractivity contribution in [3.8, 4) is 0 Å². The van der Waals surface area contributed by atoms with Crippen LogP contribution in [0.1, 0.15) is 24.7 Å². The molecule has 0 spiro atoms. The standard InChI is InChI=1S/C13H23N3O/c1-4-11-7-12(16(3)15-11)8-13(9-14-2)5-6-17-10-13/h7,14H,4-6,8-10H2,1-3H3. The van der Waals surface area contributed by atoms with Crippen molar-refractivity contribution in [2.75, 3.05) is 26.8 Å². The SMILES string of the molecule is CCc1cc(CC2(CNC)CCOC2)n(C)n1. The molecule has 1 aliphatic heterocycles. The number of hydrogen-bond donors (Lipinski definition) is 1. The zero-order valence-corrected chi connectivity index (χ0v) is 11.1. The first kappa shape index (κ1) is 12.6. The van der Waals surface area contributed by atoms with Crippen LogP contribution in [0.5, 0.6) is 0 Å². The topological polar surface area (TPSA) is 39.1 Å². The van der Waals surface area contributed by atoms with Crippen LogP contribution in [0.15, 0.2) is 6.07 Å². The molecule has 2 heterocycles. The van der Waals surface area contributed by atoms with Crippen molar-refractivity contribution in [3.63, 3.8) is 0 Å². The number of ether oxygens (including phenoxy) is 1. The van der Waals surface area contributed by atoms with Gasteiger partial charge in [0.15, 0.2) is 0 Å². The van der Waals surface area contributed by atoms with E-state index in [0.717, 1.165) is 39.0 Å². The van der Waals surface area contributed by atoms with E-state index in [9.17, 15) is 0 Å². The first-order chi connectivity index (χ1) is 8.19. The van der Waals surface area contributed by atoms with Gasteiger partial charge in [0, 0.05) is 31.3 Å². The minimum Gasteiger partial charge on any atom is -0.381 e. The minimum absolute atomic E-state index is 0.257. The van der Waals surface area contributed by atoms with Gasteiger partial charge in [-0.15, -0.1) is 0 Å². The van der Waals surface area contributed by atoms with Crippen molar-refractivity contribution >= 4 is 0 Å². The molecule has 0 saturated carbocycles. The summed E-state index contributed by atoms with van der Waals surface area (Å²) in [5.41, 5.74) is 2.76. The summed E-state index contributed by atoms with van der Waals surface area (Å²) in [5, 5.41) is 7.82. The summed E-state index contributed by atoms with van der Waals surface area (Å²) >= 11 is 0. The van der Waals surface area contributed by atoms with Gasteiger partial charge in [-0.3, -0.25) is 4.68 Å². The molecule has 1 aliphatic rings. The van der Waals surface area contributed by atoms with Crippen LogP contribution in [0.4, 0.5) is 0 Å². The molecule has 2 rings (SSSR count). The van der Waals surface area contributed by atoms with Crippen molar-refractivity contribution in [2.24, 2.45) is 12.5 Å². The molecular weight excluding hydrogens is 214 g/mol. The molecule has 1 aromatic rings. The number of hydrogen-bond acceptors (Lipinski definition) is 3. The van der Waals surface area contributed by atoms with Crippen LogP contribution in [0, 0.1) is 5.41 Å². The Bertz CT molecular complexity index is 367. The molecule has 1 unspecified atom stereocenters. The smallest absolute Gasteiger partial charge is 0.0624 e. The van der Waals surface area contributed by atoms with E-state index in [0.29, 0.717) is 0 Å². The van der Waals surface area contributed by atoms with E-state index in [1.54, 1.807) is 0 Å². The van der Waals surface area contributed by atoms with Crippen molar-refractivity contribution in [1.82, 2.24) is 15.1 Å². The third-order valence-electron chi connectivity index (χ3n) is 3.68. The zero-order valence-electron chi connectivity index (χ0n) is 11.1. The maximum Gasteiger partial charge on any atom is 0.0624 e. The summed E-state index contributed by atoms with van der Waals surface area (Å²) in [4.78, 5) is 0. The average molecular weight is 237 g/mol. The third-order valence-corrected chi connectivity index (χ3v) is 3.68. The number of aromatic nitrogens is 2. The lowest BCUT2D eigenvalue weighted by Gasteiger charge is -2.26. The van der Waals surface area contributed by atoms with E-state index in [4.69, 9.17) is 4.74 Å². The van der Waals surface area contributed by atoms with Gasteiger partial charge in [-0.2, -0.15) is 5.10 Å². The van der Waals surface area contributed by atoms with Crippen molar-refractivity contribution in [2.45, 2.75) is 26.2 Å². The van der Waals surface area contributed by atoms with Crippen LogP contribution in [0.3, 0.4) is 0 Å². The Hall–Kier alpha value is -0.870. The lowest BCUT2D eigenvalue weighted by molar-refractivity contribution is 0.149. The fraction of sp³-hybridized carbons (Fsp3) is 0.769. The Morgan fingerprint density at radius 2 is 2.41 bits per heavy atom. The Morgan fingerprint density at radius 3 is 2.94 bits per heavy atom. The molecule has 1 aromatic heterocycles. The molecule has 17 heavy (non-hydrogen) atoms. The largest absolute Gasteiger partial charge is 0.381 e. The van der Waals surface area contributed by atoms with E-state index < -0.39 is 0 Å². The minimum atomic E-state index is 0.257. The van der Waals surface area contributed by atoms with Gasteiger partial charge in [0.1, 0.15) is 0 Å². The molecule has 0 bridgehead atoms. The lowest BCUT2D eigenvalue weighted by atomic mass is 9.82. The molecule has 0 radical (unpaired) electrons. The fourth-order valence-corrected chi connectivity index (χ4v) is 2.66. The summed E-state index contributed by atoms with van der Waals surface area (Å²) in [6, 6.07) is 2.23. The molecule has 0 aromatic carbocycles. The Kier molecular flexibility index (Phi) is 3.84. The zero-order chi connectivity index (χ0) is 12.3. The first-order valence-electron chi connectivity index (χ1n) is 6.43.